The Kier molecular flexibility index (Phi) is 7.19. The summed E-state index contributed by atoms with van der Waals surface area (Å²) in [4.78, 5) is 0.344. The second kappa shape index (κ2) is 8.39. The van der Waals surface area contributed by atoms with E-state index in [2.05, 4.69) is 17.0 Å². The Morgan fingerprint density at radius 2 is 2.00 bits per heavy atom. The van der Waals surface area contributed by atoms with E-state index in [-0.39, 0.29) is 6.04 Å². The van der Waals surface area contributed by atoms with Crippen molar-refractivity contribution in [1.82, 2.24) is 10.0 Å². The van der Waals surface area contributed by atoms with Crippen molar-refractivity contribution in [2.75, 3.05) is 6.54 Å². The van der Waals surface area contributed by atoms with E-state index in [1.54, 1.807) is 18.2 Å². The van der Waals surface area contributed by atoms with Gasteiger partial charge >= 0.3 is 0 Å². The van der Waals surface area contributed by atoms with Crippen molar-refractivity contribution >= 4 is 10.0 Å². The molecule has 1 aromatic rings. The maximum atomic E-state index is 12.3. The first-order valence-electron chi connectivity index (χ1n) is 7.31. The van der Waals surface area contributed by atoms with E-state index in [9.17, 15) is 8.42 Å². The van der Waals surface area contributed by atoms with Gasteiger partial charge in [0.15, 0.2) is 0 Å². The Labute approximate surface area is 123 Å². The first-order valence-corrected chi connectivity index (χ1v) is 8.80. The molecule has 0 aliphatic heterocycles. The summed E-state index contributed by atoms with van der Waals surface area (Å²) in [5.74, 6) is 0. The molecule has 20 heavy (non-hydrogen) atoms. The lowest BCUT2D eigenvalue weighted by Gasteiger charge is -2.14. The molecule has 0 spiro atoms. The van der Waals surface area contributed by atoms with Gasteiger partial charge in [0.1, 0.15) is 0 Å². The summed E-state index contributed by atoms with van der Waals surface area (Å²) in [7, 11) is -3.42. The van der Waals surface area contributed by atoms with Crippen LogP contribution in [0.5, 0.6) is 0 Å². The van der Waals surface area contributed by atoms with Crippen molar-refractivity contribution in [2.45, 2.75) is 57.5 Å². The largest absolute Gasteiger partial charge is 0.313 e. The highest BCUT2D eigenvalue weighted by Crippen LogP contribution is 2.13. The molecule has 0 heterocycles. The van der Waals surface area contributed by atoms with Crippen LogP contribution in [0, 0.1) is 0 Å². The minimum Gasteiger partial charge on any atom is -0.313 e. The average Bonchev–Trinajstić information content (AvgIpc) is 2.42. The zero-order chi connectivity index (χ0) is 15.0. The van der Waals surface area contributed by atoms with E-state index in [0.717, 1.165) is 31.4 Å². The van der Waals surface area contributed by atoms with Crippen LogP contribution in [0.15, 0.2) is 29.2 Å². The van der Waals surface area contributed by atoms with Crippen molar-refractivity contribution in [2.24, 2.45) is 0 Å². The third kappa shape index (κ3) is 5.61. The summed E-state index contributed by atoms with van der Waals surface area (Å²) < 4.78 is 27.3. The van der Waals surface area contributed by atoms with Crippen molar-refractivity contribution in [3.63, 3.8) is 0 Å². The second-order valence-electron chi connectivity index (χ2n) is 5.09. The Hall–Kier alpha value is -0.910. The van der Waals surface area contributed by atoms with Gasteiger partial charge in [-0.2, -0.15) is 0 Å². The zero-order valence-corrected chi connectivity index (χ0v) is 13.5. The van der Waals surface area contributed by atoms with Crippen molar-refractivity contribution in [3.8, 4) is 0 Å². The predicted octanol–water partition coefficient (Wildman–Crippen LogP) is 2.65. The SMILES string of the molecule is CCCCC(C)NS(=O)(=O)c1cccc(CNCC)c1. The number of hydrogen-bond acceptors (Lipinski definition) is 3. The highest BCUT2D eigenvalue weighted by atomic mass is 32.2. The van der Waals surface area contributed by atoms with Crippen molar-refractivity contribution in [1.29, 1.82) is 0 Å². The molecule has 0 bridgehead atoms. The van der Waals surface area contributed by atoms with Gasteiger partial charge in [-0.15, -0.1) is 0 Å². The molecule has 1 atom stereocenters. The van der Waals surface area contributed by atoms with Crippen LogP contribution in [0.4, 0.5) is 0 Å². The summed E-state index contributed by atoms with van der Waals surface area (Å²) in [6.45, 7) is 7.59. The summed E-state index contributed by atoms with van der Waals surface area (Å²) in [6, 6.07) is 7.07. The lowest BCUT2D eigenvalue weighted by atomic mass is 10.2. The molecular weight excluding hydrogens is 272 g/mol. The van der Waals surface area contributed by atoms with Gasteiger partial charge in [0, 0.05) is 12.6 Å². The van der Waals surface area contributed by atoms with Crippen LogP contribution in [-0.2, 0) is 16.6 Å². The monoisotopic (exact) mass is 298 g/mol. The predicted molar refractivity (Wildman–Crippen MR) is 83.1 cm³/mol. The molecule has 0 aliphatic rings. The number of nitrogens with one attached hydrogen (secondary N) is 2. The molecule has 0 radical (unpaired) electrons. The van der Waals surface area contributed by atoms with Crippen molar-refractivity contribution < 1.29 is 8.42 Å². The molecule has 114 valence electrons. The molecule has 1 rings (SSSR count). The fraction of sp³-hybridized carbons (Fsp3) is 0.600. The molecule has 4 nitrogen and oxygen atoms in total. The van der Waals surface area contributed by atoms with Crippen LogP contribution < -0.4 is 10.0 Å². The molecular formula is C15H26N2O2S. The van der Waals surface area contributed by atoms with Gasteiger partial charge in [0.2, 0.25) is 10.0 Å². The number of sulfonamides is 1. The fourth-order valence-electron chi connectivity index (χ4n) is 1.99. The highest BCUT2D eigenvalue weighted by Gasteiger charge is 2.17. The van der Waals surface area contributed by atoms with Crippen LogP contribution >= 0.6 is 0 Å². The second-order valence-corrected chi connectivity index (χ2v) is 6.81. The standard InChI is InChI=1S/C15H26N2O2S/c1-4-6-8-13(3)17-20(18,19)15-10-7-9-14(11-15)12-16-5-2/h7,9-11,13,16-17H,4-6,8,12H2,1-3H3. The normalized spacial score (nSPS) is 13.3. The van der Waals surface area contributed by atoms with Gasteiger partial charge in [-0.3, -0.25) is 0 Å². The molecule has 1 unspecified atom stereocenters. The maximum absolute atomic E-state index is 12.3. The van der Waals surface area contributed by atoms with Crippen molar-refractivity contribution in [3.05, 3.63) is 29.8 Å². The van der Waals surface area contributed by atoms with Gasteiger partial charge < -0.3 is 5.32 Å². The van der Waals surface area contributed by atoms with Gasteiger partial charge in [0.25, 0.3) is 0 Å². The quantitative estimate of drug-likeness (QED) is 0.737. The summed E-state index contributed by atoms with van der Waals surface area (Å²) in [5, 5.41) is 3.20. The van der Waals surface area contributed by atoms with Crippen LogP contribution in [0.2, 0.25) is 0 Å². The lowest BCUT2D eigenvalue weighted by Crippen LogP contribution is -2.32. The number of unbranched alkanes of at least 4 members (excludes halogenated alkanes) is 1. The molecule has 0 fully saturated rings. The maximum Gasteiger partial charge on any atom is 0.240 e. The first-order chi connectivity index (χ1) is 9.49. The van der Waals surface area contributed by atoms with E-state index in [4.69, 9.17) is 0 Å². The Morgan fingerprint density at radius 3 is 2.65 bits per heavy atom. The van der Waals surface area contributed by atoms with E-state index in [1.165, 1.54) is 0 Å². The molecule has 5 heteroatoms. The molecule has 0 saturated carbocycles. The van der Waals surface area contributed by atoms with E-state index in [1.807, 2.05) is 19.9 Å². The molecule has 0 amide bonds. The number of benzene rings is 1. The van der Waals surface area contributed by atoms with Crippen LogP contribution in [0.1, 0.15) is 45.6 Å². The zero-order valence-electron chi connectivity index (χ0n) is 12.6. The minimum atomic E-state index is -3.42. The summed E-state index contributed by atoms with van der Waals surface area (Å²) in [5.41, 5.74) is 0.982. The molecule has 0 aromatic heterocycles. The minimum absolute atomic E-state index is 0.0302. The van der Waals surface area contributed by atoms with Gasteiger partial charge in [-0.25, -0.2) is 13.1 Å². The smallest absolute Gasteiger partial charge is 0.240 e. The van der Waals surface area contributed by atoms with E-state index < -0.39 is 10.0 Å². The molecule has 2 N–H and O–H groups in total. The van der Waals surface area contributed by atoms with Crippen LogP contribution in [-0.4, -0.2) is 21.0 Å². The summed E-state index contributed by atoms with van der Waals surface area (Å²) >= 11 is 0. The third-order valence-corrected chi connectivity index (χ3v) is 4.72. The van der Waals surface area contributed by atoms with Crippen LogP contribution in [0.25, 0.3) is 0 Å². The lowest BCUT2D eigenvalue weighted by molar-refractivity contribution is 0.534. The molecule has 0 aliphatic carbocycles. The highest BCUT2D eigenvalue weighted by molar-refractivity contribution is 7.89. The molecule has 1 aromatic carbocycles. The fourth-order valence-corrected chi connectivity index (χ4v) is 3.34. The Balaban J connectivity index is 2.76. The number of rotatable bonds is 9. The van der Waals surface area contributed by atoms with Crippen LogP contribution in [0.3, 0.4) is 0 Å². The molecule has 0 saturated heterocycles. The topological polar surface area (TPSA) is 58.2 Å². The first kappa shape index (κ1) is 17.1. The van der Waals surface area contributed by atoms with E-state index in [0.29, 0.717) is 11.4 Å². The number of hydrogen-bond donors (Lipinski definition) is 2. The average molecular weight is 298 g/mol. The Morgan fingerprint density at radius 1 is 1.25 bits per heavy atom. The van der Waals surface area contributed by atoms with Gasteiger partial charge in [-0.1, -0.05) is 38.8 Å². The summed E-state index contributed by atoms with van der Waals surface area (Å²) in [6.07, 6.45) is 2.97. The van der Waals surface area contributed by atoms with Gasteiger partial charge in [0.05, 0.1) is 4.90 Å². The third-order valence-electron chi connectivity index (χ3n) is 3.13. The van der Waals surface area contributed by atoms with Gasteiger partial charge in [-0.05, 0) is 37.6 Å². The van der Waals surface area contributed by atoms with E-state index >= 15 is 0 Å². The Bertz CT molecular complexity index is 500.